The summed E-state index contributed by atoms with van der Waals surface area (Å²) in [5.41, 5.74) is 2.23. The first-order chi connectivity index (χ1) is 13.6. The molecule has 0 spiro atoms. The summed E-state index contributed by atoms with van der Waals surface area (Å²) in [5.74, 6) is 1.22. The van der Waals surface area contributed by atoms with Gasteiger partial charge in [0, 0.05) is 31.7 Å². The van der Waals surface area contributed by atoms with E-state index in [1.165, 1.54) is 17.7 Å². The molecule has 0 radical (unpaired) electrons. The van der Waals surface area contributed by atoms with Crippen LogP contribution in [-0.4, -0.2) is 32.1 Å². The first-order valence-corrected chi connectivity index (χ1v) is 10.1. The zero-order valence-electron chi connectivity index (χ0n) is 16.5. The third kappa shape index (κ3) is 6.25. The largest absolute Gasteiger partial charge is 0.494 e. The van der Waals surface area contributed by atoms with E-state index < -0.39 is 0 Å². The maximum atomic E-state index is 13.0. The first kappa shape index (κ1) is 20.2. The van der Waals surface area contributed by atoms with E-state index >= 15 is 0 Å². The maximum Gasteiger partial charge on any atom is 0.220 e. The Balaban J connectivity index is 1.27. The average Bonchev–Trinajstić information content (AvgIpc) is 3.16. The van der Waals surface area contributed by atoms with Crippen molar-refractivity contribution in [1.29, 1.82) is 0 Å². The molecule has 150 valence electrons. The standard InChI is InChI=1S/C23H29FN2O2/c1-18-5-4-6-22(15-18)28-14-3-2-7-23(27)25-16-19-12-13-26(17-19)21-10-8-20(24)9-11-21/h4-6,8-11,15,19H,2-3,7,12-14,16-17H2,1H3,(H,25,27). The topological polar surface area (TPSA) is 41.6 Å². The number of carbonyl (C=O) groups excluding carboxylic acids is 1. The van der Waals surface area contributed by atoms with Crippen LogP contribution in [0, 0.1) is 18.7 Å². The third-order valence-electron chi connectivity index (χ3n) is 5.12. The van der Waals surface area contributed by atoms with Gasteiger partial charge < -0.3 is 15.0 Å². The van der Waals surface area contributed by atoms with Crippen LogP contribution in [-0.2, 0) is 4.79 Å². The number of carbonyl (C=O) groups is 1. The Hall–Kier alpha value is -2.56. The highest BCUT2D eigenvalue weighted by Gasteiger charge is 2.23. The van der Waals surface area contributed by atoms with Crippen molar-refractivity contribution in [1.82, 2.24) is 5.32 Å². The first-order valence-electron chi connectivity index (χ1n) is 10.1. The van der Waals surface area contributed by atoms with Crippen molar-refractivity contribution in [3.63, 3.8) is 0 Å². The quantitative estimate of drug-likeness (QED) is 0.655. The van der Waals surface area contributed by atoms with E-state index in [0.717, 1.165) is 43.8 Å². The summed E-state index contributed by atoms with van der Waals surface area (Å²) in [6.07, 6.45) is 3.26. The van der Waals surface area contributed by atoms with Gasteiger partial charge >= 0.3 is 0 Å². The minimum atomic E-state index is -0.212. The van der Waals surface area contributed by atoms with E-state index in [0.29, 0.717) is 25.5 Å². The molecule has 28 heavy (non-hydrogen) atoms. The normalized spacial score (nSPS) is 16.2. The van der Waals surface area contributed by atoms with Crippen LogP contribution in [0.25, 0.3) is 0 Å². The van der Waals surface area contributed by atoms with E-state index in [9.17, 15) is 9.18 Å². The van der Waals surface area contributed by atoms with E-state index in [2.05, 4.69) is 10.2 Å². The molecule has 1 saturated heterocycles. The molecule has 2 aromatic carbocycles. The summed E-state index contributed by atoms with van der Waals surface area (Å²) in [6, 6.07) is 14.6. The Kier molecular flexibility index (Phi) is 7.29. The Morgan fingerprint density at radius 3 is 2.82 bits per heavy atom. The summed E-state index contributed by atoms with van der Waals surface area (Å²) in [6.45, 7) is 5.22. The molecule has 1 atom stereocenters. The molecule has 1 aliphatic rings. The molecule has 1 N–H and O–H groups in total. The molecule has 1 unspecified atom stereocenters. The molecule has 3 rings (SSSR count). The van der Waals surface area contributed by atoms with Crippen LogP contribution in [0.5, 0.6) is 5.75 Å². The third-order valence-corrected chi connectivity index (χ3v) is 5.12. The number of hydrogen-bond donors (Lipinski definition) is 1. The second kappa shape index (κ2) is 10.1. The number of halogens is 1. The summed E-state index contributed by atoms with van der Waals surface area (Å²) >= 11 is 0. The Labute approximate surface area is 166 Å². The Morgan fingerprint density at radius 1 is 1.21 bits per heavy atom. The molecular formula is C23H29FN2O2. The van der Waals surface area contributed by atoms with Gasteiger partial charge in [0.05, 0.1) is 6.61 Å². The number of rotatable bonds is 9. The maximum absolute atomic E-state index is 13.0. The predicted molar refractivity (Wildman–Crippen MR) is 110 cm³/mol. The van der Waals surface area contributed by atoms with Gasteiger partial charge in [-0.2, -0.15) is 0 Å². The Bertz CT molecular complexity index is 763. The van der Waals surface area contributed by atoms with Crippen molar-refractivity contribution in [2.24, 2.45) is 5.92 Å². The smallest absolute Gasteiger partial charge is 0.220 e. The zero-order chi connectivity index (χ0) is 19.8. The van der Waals surface area contributed by atoms with E-state index in [4.69, 9.17) is 4.74 Å². The van der Waals surface area contributed by atoms with Crippen molar-refractivity contribution in [2.75, 3.05) is 31.1 Å². The van der Waals surface area contributed by atoms with E-state index in [1.807, 2.05) is 43.3 Å². The minimum absolute atomic E-state index is 0.107. The van der Waals surface area contributed by atoms with Gasteiger partial charge in [-0.05, 0) is 74.1 Å². The lowest BCUT2D eigenvalue weighted by molar-refractivity contribution is -0.121. The van der Waals surface area contributed by atoms with Crippen LogP contribution in [0.4, 0.5) is 10.1 Å². The van der Waals surface area contributed by atoms with Crippen molar-refractivity contribution < 1.29 is 13.9 Å². The zero-order valence-corrected chi connectivity index (χ0v) is 16.5. The molecular weight excluding hydrogens is 355 g/mol. The van der Waals surface area contributed by atoms with E-state index in [-0.39, 0.29) is 11.7 Å². The highest BCUT2D eigenvalue weighted by atomic mass is 19.1. The van der Waals surface area contributed by atoms with E-state index in [1.54, 1.807) is 0 Å². The van der Waals surface area contributed by atoms with Crippen LogP contribution in [0.3, 0.4) is 0 Å². The monoisotopic (exact) mass is 384 g/mol. The fourth-order valence-electron chi connectivity index (χ4n) is 3.52. The minimum Gasteiger partial charge on any atom is -0.494 e. The van der Waals surface area contributed by atoms with Crippen molar-refractivity contribution in [2.45, 2.75) is 32.6 Å². The molecule has 0 saturated carbocycles. The van der Waals surface area contributed by atoms with Crippen LogP contribution >= 0.6 is 0 Å². The summed E-state index contributed by atoms with van der Waals surface area (Å²) < 4.78 is 18.7. The number of hydrogen-bond acceptors (Lipinski definition) is 3. The summed E-state index contributed by atoms with van der Waals surface area (Å²) in [4.78, 5) is 14.3. The van der Waals surface area contributed by atoms with Crippen LogP contribution in [0.15, 0.2) is 48.5 Å². The molecule has 0 aromatic heterocycles. The molecule has 5 heteroatoms. The molecule has 1 aliphatic heterocycles. The van der Waals surface area contributed by atoms with Gasteiger partial charge in [0.25, 0.3) is 0 Å². The molecule has 1 heterocycles. The number of unbranched alkanes of at least 4 members (excludes halogenated alkanes) is 1. The SMILES string of the molecule is Cc1cccc(OCCCCC(=O)NCC2CCN(c3ccc(F)cc3)C2)c1. The molecule has 1 amide bonds. The number of benzene rings is 2. The van der Waals surface area contributed by atoms with Gasteiger partial charge in [-0.1, -0.05) is 12.1 Å². The number of anilines is 1. The van der Waals surface area contributed by atoms with Gasteiger partial charge in [-0.3, -0.25) is 4.79 Å². The lowest BCUT2D eigenvalue weighted by Gasteiger charge is -2.18. The molecule has 4 nitrogen and oxygen atoms in total. The number of nitrogens with one attached hydrogen (secondary N) is 1. The second-order valence-corrected chi connectivity index (χ2v) is 7.50. The molecule has 0 aliphatic carbocycles. The average molecular weight is 384 g/mol. The van der Waals surface area contributed by atoms with Crippen molar-refractivity contribution in [3.8, 4) is 5.75 Å². The summed E-state index contributed by atoms with van der Waals surface area (Å²) in [7, 11) is 0. The second-order valence-electron chi connectivity index (χ2n) is 7.50. The van der Waals surface area contributed by atoms with Crippen LogP contribution in [0.2, 0.25) is 0 Å². The predicted octanol–water partition coefficient (Wildman–Crippen LogP) is 4.33. The van der Waals surface area contributed by atoms with Crippen molar-refractivity contribution in [3.05, 3.63) is 59.9 Å². The lowest BCUT2D eigenvalue weighted by atomic mass is 10.1. The molecule has 2 aromatic rings. The summed E-state index contributed by atoms with van der Waals surface area (Å²) in [5, 5.41) is 3.06. The molecule has 1 fully saturated rings. The van der Waals surface area contributed by atoms with Gasteiger partial charge in [0.1, 0.15) is 11.6 Å². The van der Waals surface area contributed by atoms with Gasteiger partial charge in [0.2, 0.25) is 5.91 Å². The number of amides is 1. The fraction of sp³-hybridized carbons (Fsp3) is 0.435. The van der Waals surface area contributed by atoms with Gasteiger partial charge in [-0.15, -0.1) is 0 Å². The molecule has 0 bridgehead atoms. The fourth-order valence-corrected chi connectivity index (χ4v) is 3.52. The Morgan fingerprint density at radius 2 is 2.04 bits per heavy atom. The number of nitrogens with zero attached hydrogens (tertiary/aromatic N) is 1. The van der Waals surface area contributed by atoms with Gasteiger partial charge in [-0.25, -0.2) is 4.39 Å². The van der Waals surface area contributed by atoms with Crippen LogP contribution < -0.4 is 15.0 Å². The highest BCUT2D eigenvalue weighted by molar-refractivity contribution is 5.75. The number of ether oxygens (including phenoxy) is 1. The highest BCUT2D eigenvalue weighted by Crippen LogP contribution is 2.23. The number of aryl methyl sites for hydroxylation is 1. The van der Waals surface area contributed by atoms with Crippen LogP contribution in [0.1, 0.15) is 31.2 Å². The van der Waals surface area contributed by atoms with Gasteiger partial charge in [0.15, 0.2) is 0 Å². The lowest BCUT2D eigenvalue weighted by Crippen LogP contribution is -2.30. The van der Waals surface area contributed by atoms with Crippen molar-refractivity contribution >= 4 is 11.6 Å².